The van der Waals surface area contributed by atoms with Gasteiger partial charge in [0, 0.05) is 60.7 Å². The van der Waals surface area contributed by atoms with Crippen molar-refractivity contribution < 1.29 is 14.0 Å². The lowest BCUT2D eigenvalue weighted by atomic mass is 9.79. The zero-order valence-electron chi connectivity index (χ0n) is 29.4. The van der Waals surface area contributed by atoms with E-state index in [2.05, 4.69) is 148 Å². The van der Waals surface area contributed by atoms with Gasteiger partial charge in [-0.25, -0.2) is 0 Å². The number of anilines is 1. The smallest absolute Gasteiger partial charge is 0.260 e. The van der Waals surface area contributed by atoms with E-state index in [0.29, 0.717) is 0 Å². The Morgan fingerprint density at radius 2 is 1.40 bits per heavy atom. The van der Waals surface area contributed by atoms with Gasteiger partial charge >= 0.3 is 0 Å². The molecule has 0 aromatic heterocycles. The average Bonchev–Trinajstić information content (AvgIpc) is 3.64. The van der Waals surface area contributed by atoms with Crippen LogP contribution in [0.1, 0.15) is 65.5 Å². The molecule has 0 fully saturated rings. The molecule has 4 aromatic carbocycles. The van der Waals surface area contributed by atoms with Crippen molar-refractivity contribution in [3.8, 4) is 0 Å². The van der Waals surface area contributed by atoms with Crippen molar-refractivity contribution in [2.45, 2.75) is 77.7 Å². The number of hydrogen-bond donors (Lipinski definition) is 0. The molecule has 0 N–H and O–H groups in total. The molecule has 4 aromatic rings. The van der Waals surface area contributed by atoms with Crippen LogP contribution in [0, 0.1) is 0 Å². The van der Waals surface area contributed by atoms with Gasteiger partial charge in [0.25, 0.3) is 6.23 Å². The number of benzene rings is 4. The first kappa shape index (κ1) is 32.6. The highest BCUT2D eigenvalue weighted by Gasteiger charge is 2.47. The van der Waals surface area contributed by atoms with E-state index in [1.807, 2.05) is 0 Å². The van der Waals surface area contributed by atoms with Crippen molar-refractivity contribution >= 4 is 50.2 Å². The minimum atomic E-state index is -0.219. The molecule has 0 amide bonds. The Morgan fingerprint density at radius 3 is 2.06 bits per heavy atom. The fourth-order valence-corrected chi connectivity index (χ4v) is 8.61. The van der Waals surface area contributed by atoms with Crippen LogP contribution in [0.25, 0.3) is 21.5 Å². The van der Waals surface area contributed by atoms with Crippen molar-refractivity contribution in [2.75, 3.05) is 19.1 Å². The summed E-state index contributed by atoms with van der Waals surface area (Å²) in [6.07, 6.45) is 10.6. The summed E-state index contributed by atoms with van der Waals surface area (Å²) in [5.74, 6) is 0. The first-order chi connectivity index (χ1) is 23.0. The molecule has 2 aliphatic heterocycles. The van der Waals surface area contributed by atoms with E-state index >= 15 is 0 Å². The summed E-state index contributed by atoms with van der Waals surface area (Å²) in [6, 6.07) is 26.3. The quantitative estimate of drug-likeness (QED) is 0.185. The minimum absolute atomic E-state index is 0.116. The fraction of sp³-hybridized carbons (Fsp3) is 0.326. The zero-order chi connectivity index (χ0) is 34.0. The van der Waals surface area contributed by atoms with E-state index in [1.54, 1.807) is 14.2 Å². The van der Waals surface area contributed by atoms with E-state index in [4.69, 9.17) is 21.1 Å². The third kappa shape index (κ3) is 5.00. The van der Waals surface area contributed by atoms with Crippen LogP contribution in [0.15, 0.2) is 119 Å². The van der Waals surface area contributed by atoms with Crippen molar-refractivity contribution in [3.05, 3.63) is 130 Å². The summed E-state index contributed by atoms with van der Waals surface area (Å²) in [4.78, 5) is 2.35. The van der Waals surface area contributed by atoms with Gasteiger partial charge in [-0.3, -0.25) is 0 Å². The van der Waals surface area contributed by atoms with E-state index in [9.17, 15) is 0 Å². The van der Waals surface area contributed by atoms with Gasteiger partial charge in [-0.15, -0.1) is 0 Å². The Bertz CT molecular complexity index is 2110. The summed E-state index contributed by atoms with van der Waals surface area (Å²) >= 11 is 7.19. The maximum Gasteiger partial charge on any atom is 0.260 e. The van der Waals surface area contributed by atoms with Gasteiger partial charge in [0.1, 0.15) is 6.23 Å². The molecule has 1 aliphatic carbocycles. The Kier molecular flexibility index (Phi) is 8.26. The number of fused-ring (bicyclic) bond motifs is 6. The Hall–Kier alpha value is -3.96. The van der Waals surface area contributed by atoms with Crippen LogP contribution < -0.4 is 4.90 Å². The second-order valence-electron chi connectivity index (χ2n) is 14.3. The van der Waals surface area contributed by atoms with Gasteiger partial charge in [0.15, 0.2) is 5.71 Å². The van der Waals surface area contributed by atoms with Gasteiger partial charge in [0.2, 0.25) is 5.69 Å². The largest absolute Gasteiger partial charge is 0.362 e. The Labute approximate surface area is 290 Å². The fourth-order valence-electron chi connectivity index (χ4n) is 8.29. The molecule has 5 heteroatoms. The summed E-state index contributed by atoms with van der Waals surface area (Å²) in [6.45, 7) is 13.5. The topological polar surface area (TPSA) is 24.7 Å². The highest BCUT2D eigenvalue weighted by molar-refractivity contribution is 6.33. The second-order valence-corrected chi connectivity index (χ2v) is 14.7. The predicted octanol–water partition coefficient (Wildman–Crippen LogP) is 10.8. The summed E-state index contributed by atoms with van der Waals surface area (Å²) < 4.78 is 14.2. The standard InChI is InChI=1S/C43H46ClN2O2/c1-27(47-7)45-35-23-19-29-13-9-11-15-33(29)39(35)42(3,4)37(45)25-21-31-17-18-32(41(31)44)22-26-38-43(5,6)40-34-16-12-10-14-30(34)20-24-36(40)46(38)28(2)48-8/h9-16,19-28H,17-18H2,1-8H3/q+1. The average molecular weight is 658 g/mol. The van der Waals surface area contributed by atoms with Crippen LogP contribution in [0.5, 0.6) is 0 Å². The van der Waals surface area contributed by atoms with Gasteiger partial charge in [-0.1, -0.05) is 92.2 Å². The molecule has 48 heavy (non-hydrogen) atoms. The van der Waals surface area contributed by atoms with E-state index < -0.39 is 0 Å². The molecule has 0 saturated carbocycles. The number of methoxy groups -OCH3 is 2. The van der Waals surface area contributed by atoms with Crippen molar-refractivity contribution in [1.82, 2.24) is 0 Å². The van der Waals surface area contributed by atoms with Gasteiger partial charge in [-0.2, -0.15) is 4.58 Å². The number of halogens is 1. The van der Waals surface area contributed by atoms with Crippen molar-refractivity contribution in [1.29, 1.82) is 0 Å². The first-order valence-electron chi connectivity index (χ1n) is 17.0. The molecule has 2 atom stereocenters. The molecule has 0 spiro atoms. The maximum absolute atomic E-state index is 7.19. The predicted molar refractivity (Wildman–Crippen MR) is 202 cm³/mol. The maximum atomic E-state index is 7.19. The van der Waals surface area contributed by atoms with Crippen LogP contribution in [0.3, 0.4) is 0 Å². The SMILES string of the molecule is COC(C)N1/C(=C/C=C2\CCC(/C=C/C3=[N+](C(C)OC)c4ccc5ccccc5c4C3(C)C)=C2Cl)C(C)(C)c2c1ccc1ccccc21. The Morgan fingerprint density at radius 1 is 0.750 bits per heavy atom. The zero-order valence-corrected chi connectivity index (χ0v) is 30.2. The highest BCUT2D eigenvalue weighted by Crippen LogP contribution is 2.52. The molecule has 7 rings (SSSR count). The molecule has 4 nitrogen and oxygen atoms in total. The van der Waals surface area contributed by atoms with E-state index in [-0.39, 0.29) is 23.3 Å². The molecule has 0 radical (unpaired) electrons. The molecule has 246 valence electrons. The Balaban J connectivity index is 1.26. The van der Waals surface area contributed by atoms with Gasteiger partial charge < -0.3 is 14.4 Å². The molecule has 0 saturated heterocycles. The van der Waals surface area contributed by atoms with Crippen LogP contribution in [0.2, 0.25) is 0 Å². The van der Waals surface area contributed by atoms with Crippen LogP contribution in [-0.4, -0.2) is 37.0 Å². The van der Waals surface area contributed by atoms with Crippen LogP contribution in [0.4, 0.5) is 11.4 Å². The van der Waals surface area contributed by atoms with Crippen molar-refractivity contribution in [3.63, 3.8) is 0 Å². The lowest BCUT2D eigenvalue weighted by molar-refractivity contribution is -0.532. The lowest BCUT2D eigenvalue weighted by Crippen LogP contribution is -2.34. The number of hydrogen-bond acceptors (Lipinski definition) is 3. The first-order valence-corrected chi connectivity index (χ1v) is 17.4. The highest BCUT2D eigenvalue weighted by atomic mass is 35.5. The molecule has 2 heterocycles. The normalized spacial score (nSPS) is 21.4. The van der Waals surface area contributed by atoms with Crippen LogP contribution in [-0.2, 0) is 20.3 Å². The molecular formula is C43H46ClN2O2+. The number of allylic oxidation sites excluding steroid dienone is 8. The van der Waals surface area contributed by atoms with Gasteiger partial charge in [-0.05, 0) is 90.1 Å². The second kappa shape index (κ2) is 12.2. The van der Waals surface area contributed by atoms with Crippen molar-refractivity contribution in [2.24, 2.45) is 0 Å². The molecular weight excluding hydrogens is 612 g/mol. The van der Waals surface area contributed by atoms with E-state index in [1.165, 1.54) is 55.5 Å². The molecule has 0 bridgehead atoms. The monoisotopic (exact) mass is 657 g/mol. The molecule has 3 aliphatic rings. The summed E-state index contributed by atoms with van der Waals surface area (Å²) in [7, 11) is 3.56. The van der Waals surface area contributed by atoms with Gasteiger partial charge in [0.05, 0.1) is 5.41 Å². The number of nitrogens with zero attached hydrogens (tertiary/aromatic N) is 2. The lowest BCUT2D eigenvalue weighted by Gasteiger charge is -2.31. The van der Waals surface area contributed by atoms with E-state index in [0.717, 1.165) is 29.0 Å². The molecule has 2 unspecified atom stereocenters. The summed E-state index contributed by atoms with van der Waals surface area (Å²) in [5.41, 5.74) is 9.39. The third-order valence-electron chi connectivity index (χ3n) is 10.9. The summed E-state index contributed by atoms with van der Waals surface area (Å²) in [5, 5.41) is 5.93. The third-order valence-corrected chi connectivity index (χ3v) is 11.4. The minimum Gasteiger partial charge on any atom is -0.362 e. The number of ether oxygens (including phenoxy) is 2. The number of rotatable bonds is 7. The van der Waals surface area contributed by atoms with Crippen LogP contribution >= 0.6 is 11.6 Å².